The Morgan fingerprint density at radius 1 is 1.26 bits per heavy atom. The van der Waals surface area contributed by atoms with Crippen LogP contribution in [-0.2, 0) is 14.9 Å². The van der Waals surface area contributed by atoms with Crippen molar-refractivity contribution in [1.29, 1.82) is 0 Å². The van der Waals surface area contributed by atoms with Crippen molar-refractivity contribution in [3.63, 3.8) is 0 Å². The summed E-state index contributed by atoms with van der Waals surface area (Å²) in [5, 5.41) is 22.7. The first-order valence-corrected chi connectivity index (χ1v) is 15.3. The monoisotopic (exact) mass is 541 g/mol. The number of allylic oxidation sites excluding steroid dienone is 1. The molecule has 0 bridgehead atoms. The van der Waals surface area contributed by atoms with Crippen molar-refractivity contribution in [3.8, 4) is 11.5 Å². The molecule has 2 N–H and O–H groups in total. The normalized spacial score (nSPS) is 25.6. The summed E-state index contributed by atoms with van der Waals surface area (Å²) in [6.07, 6.45) is 11.3. The highest BCUT2D eigenvalue weighted by Crippen LogP contribution is 2.55. The van der Waals surface area contributed by atoms with E-state index in [1.165, 1.54) is 25.7 Å². The molecule has 1 aromatic rings. The quantitative estimate of drug-likeness (QED) is 0.179. The van der Waals surface area contributed by atoms with Gasteiger partial charge in [-0.25, -0.2) is 0 Å². The second kappa shape index (κ2) is 12.6. The molecule has 6 heteroatoms. The second-order valence-electron chi connectivity index (χ2n) is 13.5. The van der Waals surface area contributed by atoms with Crippen LogP contribution >= 0.6 is 0 Å². The molecule has 218 valence electrons. The molecule has 0 saturated carbocycles. The molecule has 2 aliphatic heterocycles. The first-order valence-electron chi connectivity index (χ1n) is 15.3. The van der Waals surface area contributed by atoms with Crippen molar-refractivity contribution in [2.45, 2.75) is 115 Å². The van der Waals surface area contributed by atoms with E-state index < -0.39 is 6.10 Å². The Morgan fingerprint density at radius 2 is 2.05 bits per heavy atom. The summed E-state index contributed by atoms with van der Waals surface area (Å²) in [7, 11) is 0. The van der Waals surface area contributed by atoms with Gasteiger partial charge in [-0.1, -0.05) is 52.5 Å². The largest absolute Gasteiger partial charge is 0.508 e. The second-order valence-corrected chi connectivity index (χ2v) is 13.5. The van der Waals surface area contributed by atoms with E-state index >= 15 is 0 Å². The number of aromatic hydroxyl groups is 1. The Morgan fingerprint density at radius 3 is 2.79 bits per heavy atom. The minimum absolute atomic E-state index is 0.0402. The zero-order chi connectivity index (χ0) is 28.2. The van der Waals surface area contributed by atoms with Gasteiger partial charge >= 0.3 is 0 Å². The number of β-amino-alcohol motifs (C(OH)–C–C–N with tert-alkyl or cyclic N) is 1. The standard InChI is InChI=1S/C33H51NO5/c1-6-7-8-9-14-32(2,3)25-17-28(36)31-26-16-24(12-13-27(26)33(4,5)39-30(31)18-25)29(37)20-34-15-10-11-23(19-34)21-38-22-35/h12,17-18,22-23,26-27,29,36-37H,6-11,13-16,19-21H2,1-5H3/t23-,26-,27-,29?/m1/s1. The number of fused-ring (bicyclic) bond motifs is 3. The van der Waals surface area contributed by atoms with Crippen LogP contribution < -0.4 is 4.74 Å². The van der Waals surface area contributed by atoms with Crippen LogP contribution in [0.2, 0.25) is 0 Å². The number of benzene rings is 1. The van der Waals surface area contributed by atoms with Crippen LogP contribution in [0.1, 0.15) is 109 Å². The zero-order valence-electron chi connectivity index (χ0n) is 24.9. The maximum Gasteiger partial charge on any atom is 0.293 e. The first kappa shape index (κ1) is 29.9. The van der Waals surface area contributed by atoms with E-state index in [1.54, 1.807) is 0 Å². The molecule has 4 atom stereocenters. The Balaban J connectivity index is 1.50. The highest BCUT2D eigenvalue weighted by Gasteiger charge is 2.47. The van der Waals surface area contributed by atoms with Crippen LogP contribution in [0.15, 0.2) is 23.8 Å². The molecule has 6 nitrogen and oxygen atoms in total. The maximum absolute atomic E-state index is 11.4. The number of hydrogen-bond acceptors (Lipinski definition) is 6. The number of carbonyl (C=O) groups excluding carboxylic acids is 1. The van der Waals surface area contributed by atoms with Gasteiger partial charge in [0.05, 0.1) is 12.7 Å². The molecule has 1 unspecified atom stereocenters. The predicted octanol–water partition coefficient (Wildman–Crippen LogP) is 6.48. The van der Waals surface area contributed by atoms with Gasteiger partial charge in [-0.05, 0) is 81.2 Å². The molecule has 0 radical (unpaired) electrons. The lowest BCUT2D eigenvalue weighted by molar-refractivity contribution is -0.130. The minimum Gasteiger partial charge on any atom is -0.508 e. The van der Waals surface area contributed by atoms with Gasteiger partial charge in [-0.15, -0.1) is 0 Å². The number of rotatable bonds is 12. The molecule has 4 rings (SSSR count). The SMILES string of the molecule is CCCCCCC(C)(C)c1cc(O)c2c(c1)OC(C)(C)[C@@H]1CC=C(C(O)CN3CCC[C@@H](COC=O)C3)C[C@@H]21. The number of ether oxygens (including phenoxy) is 2. The average Bonchev–Trinajstić information content (AvgIpc) is 2.89. The number of carbonyl (C=O) groups is 1. The third-order valence-electron chi connectivity index (χ3n) is 9.63. The summed E-state index contributed by atoms with van der Waals surface area (Å²) in [6, 6.07) is 4.15. The molecular formula is C33H51NO5. The van der Waals surface area contributed by atoms with E-state index in [9.17, 15) is 15.0 Å². The van der Waals surface area contributed by atoms with Gasteiger partial charge in [-0.3, -0.25) is 4.79 Å². The molecule has 1 fully saturated rings. The van der Waals surface area contributed by atoms with Crippen molar-refractivity contribution in [2.24, 2.45) is 11.8 Å². The van der Waals surface area contributed by atoms with E-state index in [1.807, 2.05) is 6.07 Å². The number of phenolic OH excluding ortho intramolecular Hbond substituents is 1. The molecule has 1 aliphatic carbocycles. The molecular weight excluding hydrogens is 490 g/mol. The molecule has 39 heavy (non-hydrogen) atoms. The van der Waals surface area contributed by atoms with Gasteiger partial charge in [0.25, 0.3) is 6.47 Å². The van der Waals surface area contributed by atoms with Crippen molar-refractivity contribution < 1.29 is 24.5 Å². The molecule has 1 aromatic carbocycles. The fourth-order valence-electron chi connectivity index (χ4n) is 7.21. The fourth-order valence-corrected chi connectivity index (χ4v) is 7.21. The molecule has 0 spiro atoms. The van der Waals surface area contributed by atoms with Crippen molar-refractivity contribution in [3.05, 3.63) is 34.9 Å². The summed E-state index contributed by atoms with van der Waals surface area (Å²) in [5.74, 6) is 1.81. The number of likely N-dealkylation sites (tertiary alicyclic amines) is 1. The van der Waals surface area contributed by atoms with Crippen molar-refractivity contribution in [2.75, 3.05) is 26.2 Å². The lowest BCUT2D eigenvalue weighted by Gasteiger charge is -2.48. The Kier molecular flexibility index (Phi) is 9.69. The van der Waals surface area contributed by atoms with Crippen LogP contribution in [0.3, 0.4) is 0 Å². The fraction of sp³-hybridized carbons (Fsp3) is 0.727. The number of aliphatic hydroxyl groups excluding tert-OH is 1. The van der Waals surface area contributed by atoms with E-state index in [0.717, 1.165) is 67.6 Å². The van der Waals surface area contributed by atoms with Crippen LogP contribution in [0, 0.1) is 11.8 Å². The summed E-state index contributed by atoms with van der Waals surface area (Å²) >= 11 is 0. The topological polar surface area (TPSA) is 79.2 Å². The number of piperidine rings is 1. The third-order valence-corrected chi connectivity index (χ3v) is 9.63. The van der Waals surface area contributed by atoms with Crippen molar-refractivity contribution in [1.82, 2.24) is 4.90 Å². The molecule has 2 heterocycles. The Hall–Kier alpha value is -2.05. The zero-order valence-corrected chi connectivity index (χ0v) is 24.9. The number of unbranched alkanes of at least 4 members (excludes halogenated alkanes) is 3. The van der Waals surface area contributed by atoms with Crippen LogP contribution in [-0.4, -0.2) is 59.5 Å². The molecule has 0 amide bonds. The number of aliphatic hydroxyl groups is 1. The highest BCUT2D eigenvalue weighted by molar-refractivity contribution is 5.54. The van der Waals surface area contributed by atoms with E-state index in [-0.39, 0.29) is 22.9 Å². The Bertz CT molecular complexity index is 1020. The van der Waals surface area contributed by atoms with Crippen LogP contribution in [0.4, 0.5) is 0 Å². The molecule has 0 aromatic heterocycles. The highest BCUT2D eigenvalue weighted by atomic mass is 16.5. The van der Waals surface area contributed by atoms with Gasteiger partial charge in [-0.2, -0.15) is 0 Å². The lowest BCUT2D eigenvalue weighted by atomic mass is 9.66. The van der Waals surface area contributed by atoms with Gasteiger partial charge in [0, 0.05) is 36.4 Å². The van der Waals surface area contributed by atoms with Crippen LogP contribution in [0.5, 0.6) is 11.5 Å². The van der Waals surface area contributed by atoms with E-state index in [0.29, 0.717) is 31.3 Å². The van der Waals surface area contributed by atoms with Gasteiger partial charge < -0.3 is 24.6 Å². The number of hydrogen-bond donors (Lipinski definition) is 2. The molecule has 1 saturated heterocycles. The van der Waals surface area contributed by atoms with Gasteiger partial charge in [0.2, 0.25) is 0 Å². The molecule has 3 aliphatic rings. The number of nitrogens with zero attached hydrogens (tertiary/aromatic N) is 1. The smallest absolute Gasteiger partial charge is 0.293 e. The summed E-state index contributed by atoms with van der Waals surface area (Å²) in [6.45, 7) is 14.5. The number of phenols is 1. The van der Waals surface area contributed by atoms with Crippen molar-refractivity contribution >= 4 is 6.47 Å². The van der Waals surface area contributed by atoms with E-state index in [4.69, 9.17) is 9.47 Å². The van der Waals surface area contributed by atoms with Crippen LogP contribution in [0.25, 0.3) is 0 Å². The van der Waals surface area contributed by atoms with Gasteiger partial charge in [0.1, 0.15) is 17.1 Å². The van der Waals surface area contributed by atoms with Gasteiger partial charge in [0.15, 0.2) is 0 Å². The summed E-state index contributed by atoms with van der Waals surface area (Å²) in [4.78, 5) is 12.9. The lowest BCUT2D eigenvalue weighted by Crippen LogP contribution is -2.47. The average molecular weight is 542 g/mol. The maximum atomic E-state index is 11.4. The summed E-state index contributed by atoms with van der Waals surface area (Å²) in [5.41, 5.74) is 2.70. The summed E-state index contributed by atoms with van der Waals surface area (Å²) < 4.78 is 11.6. The predicted molar refractivity (Wildman–Crippen MR) is 155 cm³/mol. The Labute approximate surface area is 235 Å². The first-order chi connectivity index (χ1) is 18.6. The minimum atomic E-state index is -0.547. The van der Waals surface area contributed by atoms with E-state index in [2.05, 4.69) is 51.7 Å². The third kappa shape index (κ3) is 7.00.